The van der Waals surface area contributed by atoms with E-state index in [1.165, 1.54) is 17.7 Å². The second kappa shape index (κ2) is 4.85. The molecule has 0 aromatic heterocycles. The van der Waals surface area contributed by atoms with E-state index in [-0.39, 0.29) is 0 Å². The van der Waals surface area contributed by atoms with Crippen molar-refractivity contribution in [1.29, 1.82) is 0 Å². The second-order valence-corrected chi connectivity index (χ2v) is 4.79. The summed E-state index contributed by atoms with van der Waals surface area (Å²) in [5.74, 6) is 2.00. The number of hydrogen-bond donors (Lipinski definition) is 1. The summed E-state index contributed by atoms with van der Waals surface area (Å²) in [6.45, 7) is 1.15. The van der Waals surface area contributed by atoms with E-state index in [9.17, 15) is 0 Å². The minimum atomic E-state index is 0.740. The molecule has 1 fully saturated rings. The van der Waals surface area contributed by atoms with Crippen molar-refractivity contribution in [3.63, 3.8) is 0 Å². The van der Waals surface area contributed by atoms with Crippen molar-refractivity contribution in [2.24, 2.45) is 0 Å². The Hall–Kier alpha value is -0.470. The molecular formula is C12H17NS. The van der Waals surface area contributed by atoms with Gasteiger partial charge in [-0.25, -0.2) is 0 Å². The molecule has 1 aliphatic rings. The van der Waals surface area contributed by atoms with Crippen LogP contribution in [-0.4, -0.2) is 24.6 Å². The summed E-state index contributed by atoms with van der Waals surface area (Å²) < 4.78 is 0. The van der Waals surface area contributed by atoms with Crippen molar-refractivity contribution in [3.05, 3.63) is 35.9 Å². The molecular weight excluding hydrogens is 190 g/mol. The zero-order valence-electron chi connectivity index (χ0n) is 8.57. The molecule has 1 N–H and O–H groups in total. The quantitative estimate of drug-likeness (QED) is 0.745. The van der Waals surface area contributed by atoms with Gasteiger partial charge in [-0.15, -0.1) is 0 Å². The third kappa shape index (κ3) is 2.52. The summed E-state index contributed by atoms with van der Waals surface area (Å²) >= 11 is 1.91. The van der Waals surface area contributed by atoms with Crippen LogP contribution in [0.15, 0.2) is 30.3 Å². The molecule has 2 rings (SSSR count). The minimum Gasteiger partial charge on any atom is -0.313 e. The Labute approximate surface area is 90.3 Å². The number of hydrogen-bond acceptors (Lipinski definition) is 2. The molecule has 2 unspecified atom stereocenters. The average Bonchev–Trinajstić information content (AvgIpc) is 2.99. The van der Waals surface area contributed by atoms with E-state index in [1.54, 1.807) is 0 Å². The summed E-state index contributed by atoms with van der Waals surface area (Å²) in [4.78, 5) is 0. The van der Waals surface area contributed by atoms with Crippen LogP contribution in [0, 0.1) is 0 Å². The predicted molar refractivity (Wildman–Crippen MR) is 64.0 cm³/mol. The van der Waals surface area contributed by atoms with Gasteiger partial charge in [-0.05, 0) is 18.2 Å². The van der Waals surface area contributed by atoms with E-state index in [0.29, 0.717) is 0 Å². The van der Waals surface area contributed by atoms with E-state index in [0.717, 1.165) is 18.5 Å². The molecule has 14 heavy (non-hydrogen) atoms. The lowest BCUT2D eigenvalue weighted by atomic mass is 10.1. The first-order chi connectivity index (χ1) is 6.92. The Kier molecular flexibility index (Phi) is 3.49. The van der Waals surface area contributed by atoms with Gasteiger partial charge >= 0.3 is 0 Å². The van der Waals surface area contributed by atoms with E-state index >= 15 is 0 Å². The summed E-state index contributed by atoms with van der Waals surface area (Å²) in [5.41, 5.74) is 1.49. The van der Waals surface area contributed by atoms with Crippen LogP contribution in [0.25, 0.3) is 0 Å². The number of nitrogens with one attached hydrogen (secondary N) is 1. The molecule has 1 nitrogen and oxygen atoms in total. The Morgan fingerprint density at radius 1 is 1.36 bits per heavy atom. The van der Waals surface area contributed by atoms with Crippen LogP contribution in [-0.2, 0) is 0 Å². The minimum absolute atomic E-state index is 0.740. The Morgan fingerprint density at radius 2 is 2.14 bits per heavy atom. The van der Waals surface area contributed by atoms with Crippen molar-refractivity contribution < 1.29 is 0 Å². The van der Waals surface area contributed by atoms with Gasteiger partial charge in [-0.3, -0.25) is 0 Å². The molecule has 1 aromatic carbocycles. The van der Waals surface area contributed by atoms with E-state index in [1.807, 2.05) is 11.8 Å². The topological polar surface area (TPSA) is 12.0 Å². The predicted octanol–water partition coefficient (Wildman–Crippen LogP) is 2.50. The number of rotatable bonds is 5. The summed E-state index contributed by atoms with van der Waals surface area (Å²) in [7, 11) is 0. The van der Waals surface area contributed by atoms with Crippen LogP contribution in [0.3, 0.4) is 0 Å². The smallest absolute Gasteiger partial charge is 0.0143 e. The normalized spacial score (nSPS) is 24.9. The summed E-state index contributed by atoms with van der Waals surface area (Å²) in [6, 6.07) is 11.6. The fraction of sp³-hybridized carbons (Fsp3) is 0.500. The highest BCUT2D eigenvalue weighted by Crippen LogP contribution is 2.40. The van der Waals surface area contributed by atoms with Gasteiger partial charge in [0.05, 0.1) is 0 Å². The molecule has 0 radical (unpaired) electrons. The lowest BCUT2D eigenvalue weighted by Gasteiger charge is -2.02. The van der Waals surface area contributed by atoms with Gasteiger partial charge in [-0.1, -0.05) is 30.3 Å². The second-order valence-electron chi connectivity index (χ2n) is 3.81. The van der Waals surface area contributed by atoms with Crippen LogP contribution < -0.4 is 5.32 Å². The third-order valence-electron chi connectivity index (χ3n) is 2.73. The maximum absolute atomic E-state index is 3.59. The van der Waals surface area contributed by atoms with Crippen LogP contribution in [0.2, 0.25) is 0 Å². The van der Waals surface area contributed by atoms with Crippen LogP contribution in [0.1, 0.15) is 17.9 Å². The fourth-order valence-electron chi connectivity index (χ4n) is 1.84. The zero-order valence-corrected chi connectivity index (χ0v) is 9.39. The van der Waals surface area contributed by atoms with Gasteiger partial charge in [0.2, 0.25) is 0 Å². The van der Waals surface area contributed by atoms with Crippen molar-refractivity contribution >= 4 is 11.8 Å². The number of thioether (sulfide) groups is 1. The molecule has 0 amide bonds. The average molecular weight is 207 g/mol. The molecule has 1 aromatic rings. The third-order valence-corrected chi connectivity index (χ3v) is 3.34. The fourth-order valence-corrected chi connectivity index (χ4v) is 2.16. The molecule has 2 atom stereocenters. The molecule has 0 bridgehead atoms. The Balaban J connectivity index is 1.76. The Morgan fingerprint density at radius 3 is 2.86 bits per heavy atom. The molecule has 2 heteroatoms. The van der Waals surface area contributed by atoms with Gasteiger partial charge in [-0.2, -0.15) is 11.8 Å². The first-order valence-corrected chi connectivity index (χ1v) is 6.58. The largest absolute Gasteiger partial charge is 0.313 e. The standard InChI is InChI=1S/C12H17NS/c1-14-8-7-13-12-9-11(12)10-5-3-2-4-6-10/h2-6,11-13H,7-9H2,1H3. The van der Waals surface area contributed by atoms with Crippen LogP contribution >= 0.6 is 11.8 Å². The Bertz CT molecular complexity index is 273. The first kappa shape index (κ1) is 10.1. The highest BCUT2D eigenvalue weighted by molar-refractivity contribution is 7.98. The van der Waals surface area contributed by atoms with Gasteiger partial charge in [0, 0.05) is 24.3 Å². The highest BCUT2D eigenvalue weighted by Gasteiger charge is 2.37. The van der Waals surface area contributed by atoms with Crippen molar-refractivity contribution in [2.75, 3.05) is 18.6 Å². The van der Waals surface area contributed by atoms with E-state index < -0.39 is 0 Å². The van der Waals surface area contributed by atoms with Gasteiger partial charge in [0.15, 0.2) is 0 Å². The van der Waals surface area contributed by atoms with Gasteiger partial charge < -0.3 is 5.32 Å². The van der Waals surface area contributed by atoms with Gasteiger partial charge in [0.1, 0.15) is 0 Å². The van der Waals surface area contributed by atoms with Crippen LogP contribution in [0.5, 0.6) is 0 Å². The molecule has 76 valence electrons. The van der Waals surface area contributed by atoms with Crippen molar-refractivity contribution in [2.45, 2.75) is 18.4 Å². The molecule has 0 heterocycles. The lowest BCUT2D eigenvalue weighted by Crippen LogP contribution is -2.20. The monoisotopic (exact) mass is 207 g/mol. The molecule has 1 aliphatic carbocycles. The first-order valence-electron chi connectivity index (χ1n) is 5.19. The number of benzene rings is 1. The van der Waals surface area contributed by atoms with Crippen molar-refractivity contribution in [1.82, 2.24) is 5.32 Å². The maximum Gasteiger partial charge on any atom is 0.0143 e. The zero-order chi connectivity index (χ0) is 9.80. The van der Waals surface area contributed by atoms with E-state index in [2.05, 4.69) is 41.9 Å². The van der Waals surface area contributed by atoms with Crippen LogP contribution in [0.4, 0.5) is 0 Å². The molecule has 0 aliphatic heterocycles. The molecule has 1 saturated carbocycles. The summed E-state index contributed by atoms with van der Waals surface area (Å²) in [5, 5.41) is 3.59. The van der Waals surface area contributed by atoms with E-state index in [4.69, 9.17) is 0 Å². The lowest BCUT2D eigenvalue weighted by molar-refractivity contribution is 0.708. The molecule has 0 saturated heterocycles. The highest BCUT2D eigenvalue weighted by atomic mass is 32.2. The summed E-state index contributed by atoms with van der Waals surface area (Å²) in [6.07, 6.45) is 3.47. The SMILES string of the molecule is CSCCNC1CC1c1ccccc1. The van der Waals surface area contributed by atoms with Crippen molar-refractivity contribution in [3.8, 4) is 0 Å². The maximum atomic E-state index is 3.59. The van der Waals surface area contributed by atoms with Gasteiger partial charge in [0.25, 0.3) is 0 Å². The molecule has 0 spiro atoms.